The van der Waals surface area contributed by atoms with Gasteiger partial charge in [-0.2, -0.15) is 0 Å². The molecule has 5 rings (SSSR count). The number of aromatic nitrogens is 1. The molecule has 2 fully saturated rings. The second-order valence-electron chi connectivity index (χ2n) is 9.28. The fraction of sp³-hybridized carbons (Fsp3) is 0.444. The summed E-state index contributed by atoms with van der Waals surface area (Å²) >= 11 is 0. The number of amides is 1. The highest BCUT2D eigenvalue weighted by atomic mass is 19.3. The molecule has 2 aromatic carbocycles. The van der Waals surface area contributed by atoms with Crippen molar-refractivity contribution >= 4 is 22.7 Å². The van der Waals surface area contributed by atoms with Gasteiger partial charge < -0.3 is 14.0 Å². The molecule has 1 atom stereocenters. The second-order valence-corrected chi connectivity index (χ2v) is 9.28. The van der Waals surface area contributed by atoms with E-state index in [1.165, 1.54) is 0 Å². The second kappa shape index (κ2) is 9.28. The molecule has 0 spiro atoms. The lowest BCUT2D eigenvalue weighted by Gasteiger charge is -2.30. The third kappa shape index (κ3) is 4.36. The van der Waals surface area contributed by atoms with Crippen LogP contribution in [0.4, 0.5) is 19.3 Å². The van der Waals surface area contributed by atoms with Crippen LogP contribution in [0.5, 0.6) is 5.75 Å². The molecule has 0 bridgehead atoms. The number of carbonyl (C=O) groups is 1. The highest BCUT2D eigenvalue weighted by molar-refractivity contribution is 5.94. The molecule has 1 unspecified atom stereocenters. The summed E-state index contributed by atoms with van der Waals surface area (Å²) in [5.41, 5.74) is 2.63. The molecule has 34 heavy (non-hydrogen) atoms. The molecule has 1 amide bonds. The van der Waals surface area contributed by atoms with Crippen LogP contribution < -0.4 is 10.1 Å². The summed E-state index contributed by atoms with van der Waals surface area (Å²) in [6.45, 7) is 4.33. The summed E-state index contributed by atoms with van der Waals surface area (Å²) in [6.07, 6.45) is 1.98. The first-order chi connectivity index (χ1) is 16.5. The Morgan fingerprint density at radius 1 is 1.12 bits per heavy atom. The van der Waals surface area contributed by atoms with Gasteiger partial charge in [0.25, 0.3) is 6.43 Å². The Morgan fingerprint density at radius 2 is 1.85 bits per heavy atom. The summed E-state index contributed by atoms with van der Waals surface area (Å²) < 4.78 is 42.0. The zero-order chi connectivity index (χ0) is 23.8. The van der Waals surface area contributed by atoms with E-state index in [1.807, 2.05) is 19.9 Å². The minimum absolute atomic E-state index is 0.0447. The summed E-state index contributed by atoms with van der Waals surface area (Å²) in [6, 6.07) is 12.6. The monoisotopic (exact) mass is 468 g/mol. The van der Waals surface area contributed by atoms with Gasteiger partial charge in [-0.3, -0.25) is 5.32 Å². The van der Waals surface area contributed by atoms with Crippen LogP contribution in [0, 0.1) is 5.92 Å². The third-order valence-corrected chi connectivity index (χ3v) is 6.97. The first-order valence-corrected chi connectivity index (χ1v) is 12.1. The topological polar surface area (TPSA) is 52.5 Å². The van der Waals surface area contributed by atoms with Crippen molar-refractivity contribution in [1.29, 1.82) is 0 Å². The van der Waals surface area contributed by atoms with Crippen LogP contribution in [-0.2, 0) is 4.74 Å². The molecular formula is C27H30F2N2O3. The SMILES string of the molecule is CCOc1ccc2c(C(F)F)c(-c3ccc(NC(=O)OC(C)C4CC4)cc3)n(C3CCC3)c2c1. The number of hydrogen-bond acceptors (Lipinski definition) is 3. The molecule has 2 aliphatic rings. The van der Waals surface area contributed by atoms with Crippen LogP contribution in [0.1, 0.15) is 64.0 Å². The van der Waals surface area contributed by atoms with Gasteiger partial charge in [0.1, 0.15) is 11.9 Å². The first kappa shape index (κ1) is 22.7. The Kier molecular flexibility index (Phi) is 6.19. The minimum Gasteiger partial charge on any atom is -0.494 e. The number of anilines is 1. The molecular weight excluding hydrogens is 438 g/mol. The van der Waals surface area contributed by atoms with Crippen LogP contribution in [0.2, 0.25) is 0 Å². The predicted molar refractivity (Wildman–Crippen MR) is 129 cm³/mol. The maximum absolute atomic E-state index is 14.4. The van der Waals surface area contributed by atoms with Crippen LogP contribution >= 0.6 is 0 Å². The lowest BCUT2D eigenvalue weighted by Crippen LogP contribution is -2.21. The van der Waals surface area contributed by atoms with E-state index in [9.17, 15) is 13.6 Å². The Labute approximate surface area is 198 Å². The summed E-state index contributed by atoms with van der Waals surface area (Å²) in [5, 5.41) is 3.30. The van der Waals surface area contributed by atoms with Gasteiger partial charge in [0.05, 0.1) is 23.4 Å². The quantitative estimate of drug-likeness (QED) is 0.368. The highest BCUT2D eigenvalue weighted by Crippen LogP contribution is 2.46. The third-order valence-electron chi connectivity index (χ3n) is 6.97. The van der Waals surface area contributed by atoms with Crippen molar-refractivity contribution in [2.45, 2.75) is 64.5 Å². The molecule has 2 saturated carbocycles. The first-order valence-electron chi connectivity index (χ1n) is 12.1. The maximum Gasteiger partial charge on any atom is 0.411 e. The fourth-order valence-electron chi connectivity index (χ4n) is 4.80. The van der Waals surface area contributed by atoms with Crippen molar-refractivity contribution in [2.75, 3.05) is 11.9 Å². The number of alkyl halides is 2. The molecule has 0 saturated heterocycles. The fourth-order valence-corrected chi connectivity index (χ4v) is 4.80. The Balaban J connectivity index is 1.50. The normalized spacial score (nSPS) is 17.0. The van der Waals surface area contributed by atoms with Gasteiger partial charge in [-0.25, -0.2) is 13.6 Å². The number of ether oxygens (including phenoxy) is 2. The zero-order valence-corrected chi connectivity index (χ0v) is 19.5. The Bertz CT molecular complexity index is 1180. The van der Waals surface area contributed by atoms with Crippen LogP contribution in [0.15, 0.2) is 42.5 Å². The van der Waals surface area contributed by atoms with E-state index in [0.29, 0.717) is 40.6 Å². The minimum atomic E-state index is -2.62. The van der Waals surface area contributed by atoms with Crippen molar-refractivity contribution in [1.82, 2.24) is 4.57 Å². The predicted octanol–water partition coefficient (Wildman–Crippen LogP) is 7.72. The number of hydrogen-bond donors (Lipinski definition) is 1. The molecule has 5 nitrogen and oxygen atoms in total. The number of carbonyl (C=O) groups excluding carboxylic acids is 1. The van der Waals surface area contributed by atoms with Gasteiger partial charge in [-0.1, -0.05) is 12.1 Å². The molecule has 1 aromatic heterocycles. The largest absolute Gasteiger partial charge is 0.494 e. The summed E-state index contributed by atoms with van der Waals surface area (Å²) in [4.78, 5) is 12.2. The lowest BCUT2D eigenvalue weighted by molar-refractivity contribution is 0.108. The van der Waals surface area contributed by atoms with Crippen molar-refractivity contribution < 1.29 is 23.0 Å². The van der Waals surface area contributed by atoms with Crippen LogP contribution in [-0.4, -0.2) is 23.4 Å². The van der Waals surface area contributed by atoms with E-state index in [4.69, 9.17) is 9.47 Å². The van der Waals surface area contributed by atoms with Gasteiger partial charge in [0.2, 0.25) is 0 Å². The van der Waals surface area contributed by atoms with Gasteiger partial charge in [-0.15, -0.1) is 0 Å². The Morgan fingerprint density at radius 3 is 2.44 bits per heavy atom. The molecule has 2 aliphatic carbocycles. The van der Waals surface area contributed by atoms with Crippen LogP contribution in [0.25, 0.3) is 22.2 Å². The van der Waals surface area contributed by atoms with E-state index in [2.05, 4.69) is 9.88 Å². The number of rotatable bonds is 8. The summed E-state index contributed by atoms with van der Waals surface area (Å²) in [5.74, 6) is 1.14. The van der Waals surface area contributed by atoms with Gasteiger partial charge in [-0.05, 0) is 81.7 Å². The molecule has 1 heterocycles. The smallest absolute Gasteiger partial charge is 0.411 e. The van der Waals surface area contributed by atoms with Gasteiger partial charge in [0.15, 0.2) is 0 Å². The van der Waals surface area contributed by atoms with Crippen molar-refractivity contribution in [2.24, 2.45) is 5.92 Å². The molecule has 3 aromatic rings. The van der Waals surface area contributed by atoms with E-state index in [0.717, 1.165) is 37.6 Å². The van der Waals surface area contributed by atoms with Gasteiger partial charge >= 0.3 is 6.09 Å². The molecule has 180 valence electrons. The van der Waals surface area contributed by atoms with Crippen molar-refractivity contribution in [3.05, 3.63) is 48.0 Å². The average molecular weight is 469 g/mol. The average Bonchev–Trinajstić information content (AvgIpc) is 3.57. The number of nitrogens with one attached hydrogen (secondary N) is 1. The van der Waals surface area contributed by atoms with Crippen molar-refractivity contribution in [3.8, 4) is 17.0 Å². The standard InChI is InChI=1S/C27H30F2N2O3/c1-3-33-21-13-14-22-23(15-21)31(20-5-4-6-20)25(24(22)26(28)29)18-9-11-19(12-10-18)30-27(32)34-16(2)17-7-8-17/h9-17,20,26H,3-8H2,1-2H3,(H,30,32). The number of nitrogens with zero attached hydrogens (tertiary/aromatic N) is 1. The lowest BCUT2D eigenvalue weighted by atomic mass is 9.92. The van der Waals surface area contributed by atoms with E-state index in [-0.39, 0.29) is 17.7 Å². The number of benzene rings is 2. The van der Waals surface area contributed by atoms with E-state index >= 15 is 0 Å². The van der Waals surface area contributed by atoms with E-state index in [1.54, 1.807) is 36.4 Å². The summed E-state index contributed by atoms with van der Waals surface area (Å²) in [7, 11) is 0. The molecule has 1 N–H and O–H groups in total. The van der Waals surface area contributed by atoms with E-state index < -0.39 is 12.5 Å². The van der Waals surface area contributed by atoms with Gasteiger partial charge in [0, 0.05) is 23.2 Å². The number of halogens is 2. The highest BCUT2D eigenvalue weighted by Gasteiger charge is 2.32. The molecule has 7 heteroatoms. The van der Waals surface area contributed by atoms with Crippen molar-refractivity contribution in [3.63, 3.8) is 0 Å². The Hall–Kier alpha value is -3.09. The molecule has 0 radical (unpaired) electrons. The molecule has 0 aliphatic heterocycles. The maximum atomic E-state index is 14.4. The van der Waals surface area contributed by atoms with Crippen LogP contribution in [0.3, 0.4) is 0 Å². The zero-order valence-electron chi connectivity index (χ0n) is 19.5. The number of fused-ring (bicyclic) bond motifs is 1.